The zero-order valence-corrected chi connectivity index (χ0v) is 15.3. The van der Waals surface area contributed by atoms with Crippen molar-refractivity contribution in [2.75, 3.05) is 17.7 Å². The highest BCUT2D eigenvalue weighted by molar-refractivity contribution is 5.99. The fraction of sp³-hybridized carbons (Fsp3) is 0.286. The summed E-state index contributed by atoms with van der Waals surface area (Å²) in [5, 5.41) is 10.5. The Kier molecular flexibility index (Phi) is 4.87. The Bertz CT molecular complexity index is 966. The van der Waals surface area contributed by atoms with Crippen LogP contribution in [0.3, 0.4) is 0 Å². The van der Waals surface area contributed by atoms with Crippen LogP contribution in [0.25, 0.3) is 10.9 Å². The Labute approximate surface area is 158 Å². The maximum atomic E-state index is 12.2. The number of nitrogens with one attached hydrogen (secondary N) is 3. The Morgan fingerprint density at radius 3 is 2.70 bits per heavy atom. The fourth-order valence-corrected chi connectivity index (χ4v) is 3.52. The molecule has 138 valence electrons. The van der Waals surface area contributed by atoms with E-state index in [2.05, 4.69) is 25.9 Å². The first-order valence-electron chi connectivity index (χ1n) is 9.34. The number of anilines is 3. The molecule has 6 nitrogen and oxygen atoms in total. The lowest BCUT2D eigenvalue weighted by atomic mass is 10.1. The number of para-hydroxylation sites is 1. The molecule has 3 aromatic rings. The van der Waals surface area contributed by atoms with E-state index in [4.69, 9.17) is 0 Å². The highest BCUT2D eigenvalue weighted by Crippen LogP contribution is 2.27. The molecule has 1 aromatic carbocycles. The summed E-state index contributed by atoms with van der Waals surface area (Å²) in [6.07, 6.45) is 6.32. The van der Waals surface area contributed by atoms with Gasteiger partial charge in [0.05, 0.1) is 16.8 Å². The number of carbonyl (C=O) groups is 1. The normalized spacial score (nSPS) is 14.3. The van der Waals surface area contributed by atoms with Gasteiger partial charge in [0.1, 0.15) is 11.6 Å². The Hall–Kier alpha value is -3.15. The van der Waals surface area contributed by atoms with Crippen molar-refractivity contribution in [3.63, 3.8) is 0 Å². The van der Waals surface area contributed by atoms with E-state index in [1.54, 1.807) is 13.2 Å². The number of aromatic nitrogens is 2. The average molecular weight is 361 g/mol. The second-order valence-corrected chi connectivity index (χ2v) is 6.83. The molecule has 0 radical (unpaired) electrons. The zero-order valence-electron chi connectivity index (χ0n) is 15.3. The van der Waals surface area contributed by atoms with Gasteiger partial charge in [0.15, 0.2) is 0 Å². The molecule has 6 heteroatoms. The van der Waals surface area contributed by atoms with E-state index in [0.717, 1.165) is 35.2 Å². The van der Waals surface area contributed by atoms with Crippen LogP contribution < -0.4 is 16.0 Å². The van der Waals surface area contributed by atoms with Gasteiger partial charge < -0.3 is 16.0 Å². The Morgan fingerprint density at radius 1 is 1.07 bits per heavy atom. The van der Waals surface area contributed by atoms with Gasteiger partial charge in [-0.15, -0.1) is 0 Å². The molecule has 2 heterocycles. The topological polar surface area (TPSA) is 78.9 Å². The molecule has 0 spiro atoms. The largest absolute Gasteiger partial charge is 0.382 e. The van der Waals surface area contributed by atoms with Crippen molar-refractivity contribution in [1.82, 2.24) is 15.3 Å². The van der Waals surface area contributed by atoms with Gasteiger partial charge in [0.25, 0.3) is 5.91 Å². The number of pyridine rings is 2. The van der Waals surface area contributed by atoms with Crippen molar-refractivity contribution in [2.24, 2.45) is 0 Å². The summed E-state index contributed by atoms with van der Waals surface area (Å²) in [7, 11) is 1.63. The summed E-state index contributed by atoms with van der Waals surface area (Å²) in [6.45, 7) is 0. The minimum atomic E-state index is -0.140. The molecule has 0 saturated heterocycles. The van der Waals surface area contributed by atoms with Gasteiger partial charge in [-0.25, -0.2) is 9.97 Å². The number of rotatable bonds is 5. The molecule has 1 saturated carbocycles. The van der Waals surface area contributed by atoms with Gasteiger partial charge >= 0.3 is 0 Å². The molecular weight excluding hydrogens is 338 g/mol. The van der Waals surface area contributed by atoms with E-state index >= 15 is 0 Å². The smallest absolute Gasteiger partial charge is 0.254 e. The van der Waals surface area contributed by atoms with Crippen molar-refractivity contribution in [1.29, 1.82) is 0 Å². The number of nitrogens with zero attached hydrogens (tertiary/aromatic N) is 2. The van der Waals surface area contributed by atoms with Crippen LogP contribution in [0, 0.1) is 0 Å². The number of hydrogen-bond donors (Lipinski definition) is 3. The number of hydrogen-bond acceptors (Lipinski definition) is 5. The van der Waals surface area contributed by atoms with E-state index in [9.17, 15) is 4.79 Å². The first-order valence-corrected chi connectivity index (χ1v) is 9.34. The molecule has 1 aliphatic rings. The summed E-state index contributed by atoms with van der Waals surface area (Å²) < 4.78 is 0. The molecule has 0 bridgehead atoms. The van der Waals surface area contributed by atoms with Crippen molar-refractivity contribution in [2.45, 2.75) is 31.7 Å². The summed E-state index contributed by atoms with van der Waals surface area (Å²) in [6, 6.07) is 14.2. The standard InChI is InChI=1S/C21H23N5O/c1-22-21(27)16-13-23-20(12-18(16)24-15-7-3-4-8-15)26-19-11-10-14-6-2-5-9-17(14)25-19/h2,5-6,9-13,15H,3-4,7-8H2,1H3,(H,22,27)(H2,23,24,25,26). The lowest BCUT2D eigenvalue weighted by Crippen LogP contribution is -2.23. The third-order valence-electron chi connectivity index (χ3n) is 4.95. The number of fused-ring (bicyclic) bond motifs is 1. The maximum absolute atomic E-state index is 12.2. The van der Waals surface area contributed by atoms with Crippen LogP contribution in [0.4, 0.5) is 17.3 Å². The third-order valence-corrected chi connectivity index (χ3v) is 4.95. The quantitative estimate of drug-likeness (QED) is 0.638. The molecule has 2 aromatic heterocycles. The Balaban J connectivity index is 1.62. The molecule has 1 amide bonds. The van der Waals surface area contributed by atoms with Crippen molar-refractivity contribution in [3.05, 3.63) is 54.2 Å². The van der Waals surface area contributed by atoms with Crippen LogP contribution in [0.5, 0.6) is 0 Å². The summed E-state index contributed by atoms with van der Waals surface area (Å²) in [4.78, 5) is 21.2. The zero-order chi connectivity index (χ0) is 18.6. The molecule has 0 unspecified atom stereocenters. The van der Waals surface area contributed by atoms with Crippen LogP contribution in [0.15, 0.2) is 48.7 Å². The van der Waals surface area contributed by atoms with E-state index in [0.29, 0.717) is 17.4 Å². The molecule has 3 N–H and O–H groups in total. The number of carbonyl (C=O) groups excluding carboxylic acids is 1. The second kappa shape index (κ2) is 7.61. The number of benzene rings is 1. The lowest BCUT2D eigenvalue weighted by molar-refractivity contribution is 0.0963. The molecule has 4 rings (SSSR count). The van der Waals surface area contributed by atoms with E-state index < -0.39 is 0 Å². The first-order chi connectivity index (χ1) is 13.2. The minimum absolute atomic E-state index is 0.140. The molecule has 27 heavy (non-hydrogen) atoms. The number of amides is 1. The van der Waals surface area contributed by atoms with Crippen LogP contribution >= 0.6 is 0 Å². The van der Waals surface area contributed by atoms with Gasteiger partial charge in [-0.2, -0.15) is 0 Å². The van der Waals surface area contributed by atoms with Crippen molar-refractivity contribution >= 4 is 34.1 Å². The second-order valence-electron chi connectivity index (χ2n) is 6.83. The minimum Gasteiger partial charge on any atom is -0.382 e. The molecule has 0 aliphatic heterocycles. The first kappa shape index (κ1) is 17.3. The van der Waals surface area contributed by atoms with Crippen LogP contribution in [0.2, 0.25) is 0 Å². The molecular formula is C21H23N5O. The van der Waals surface area contributed by atoms with Crippen molar-refractivity contribution in [3.8, 4) is 0 Å². The highest BCUT2D eigenvalue weighted by atomic mass is 16.1. The third kappa shape index (κ3) is 3.84. The van der Waals surface area contributed by atoms with Crippen molar-refractivity contribution < 1.29 is 4.79 Å². The lowest BCUT2D eigenvalue weighted by Gasteiger charge is -2.17. The van der Waals surface area contributed by atoms with Gasteiger partial charge in [-0.3, -0.25) is 4.79 Å². The van der Waals surface area contributed by atoms with Crippen LogP contribution in [-0.2, 0) is 0 Å². The van der Waals surface area contributed by atoms with Gasteiger partial charge in [-0.1, -0.05) is 31.0 Å². The summed E-state index contributed by atoms with van der Waals surface area (Å²) in [5.74, 6) is 1.24. The summed E-state index contributed by atoms with van der Waals surface area (Å²) in [5.41, 5.74) is 2.29. The molecule has 1 fully saturated rings. The van der Waals surface area contributed by atoms with E-state index in [-0.39, 0.29) is 5.91 Å². The van der Waals surface area contributed by atoms with Crippen LogP contribution in [0.1, 0.15) is 36.0 Å². The monoisotopic (exact) mass is 361 g/mol. The SMILES string of the molecule is CNC(=O)c1cnc(Nc2ccc3ccccc3n2)cc1NC1CCCC1. The molecule has 0 atom stereocenters. The summed E-state index contributed by atoms with van der Waals surface area (Å²) >= 11 is 0. The highest BCUT2D eigenvalue weighted by Gasteiger charge is 2.19. The predicted molar refractivity (Wildman–Crippen MR) is 109 cm³/mol. The average Bonchev–Trinajstić information content (AvgIpc) is 3.20. The maximum Gasteiger partial charge on any atom is 0.254 e. The predicted octanol–water partition coefficient (Wildman–Crippen LogP) is 4.09. The fourth-order valence-electron chi connectivity index (χ4n) is 3.52. The van der Waals surface area contributed by atoms with E-state index in [1.807, 2.05) is 42.5 Å². The Morgan fingerprint density at radius 2 is 1.89 bits per heavy atom. The van der Waals surface area contributed by atoms with E-state index in [1.165, 1.54) is 12.8 Å². The van der Waals surface area contributed by atoms with Crippen LogP contribution in [-0.4, -0.2) is 29.0 Å². The van der Waals surface area contributed by atoms with Gasteiger partial charge in [-0.05, 0) is 31.0 Å². The molecule has 1 aliphatic carbocycles. The van der Waals surface area contributed by atoms with Gasteiger partial charge in [0, 0.05) is 30.7 Å². The van der Waals surface area contributed by atoms with Gasteiger partial charge in [0.2, 0.25) is 0 Å².